The molecule has 0 rings (SSSR count). The minimum atomic E-state index is -0.475. The second kappa shape index (κ2) is 16.4. The van der Waals surface area contributed by atoms with Gasteiger partial charge in [-0.25, -0.2) is 4.79 Å². The first-order valence-corrected chi connectivity index (χ1v) is 9.42. The Morgan fingerprint density at radius 1 is 1.12 bits per heavy atom. The number of aliphatic imine (C=N–C) groups is 1. The highest BCUT2D eigenvalue weighted by Crippen LogP contribution is 2.11. The molecule has 1 amide bonds. The summed E-state index contributed by atoms with van der Waals surface area (Å²) in [6, 6.07) is 0. The zero-order valence-corrected chi connectivity index (χ0v) is 19.4. The Hall–Kier alpha value is -0.770. The van der Waals surface area contributed by atoms with E-state index in [1.165, 1.54) is 0 Å². The van der Waals surface area contributed by atoms with Crippen molar-refractivity contribution in [3.05, 3.63) is 0 Å². The van der Waals surface area contributed by atoms with Crippen molar-refractivity contribution in [2.75, 3.05) is 32.8 Å². The topological polar surface area (TPSA) is 95.0 Å². The summed E-state index contributed by atoms with van der Waals surface area (Å²) in [6.07, 6.45) is 3.35. The minimum absolute atomic E-state index is 0. The molecule has 1 unspecified atom stereocenters. The lowest BCUT2D eigenvalue weighted by molar-refractivity contribution is 0.0527. The summed E-state index contributed by atoms with van der Waals surface area (Å²) in [6.45, 7) is 12.7. The fourth-order valence-corrected chi connectivity index (χ4v) is 2.28. The number of halogens is 1. The molecule has 4 N–H and O–H groups in total. The Bertz CT molecular complexity index is 381. The third-order valence-electron chi connectivity index (χ3n) is 3.40. The Balaban J connectivity index is 0. The van der Waals surface area contributed by atoms with Crippen molar-refractivity contribution in [1.29, 1.82) is 0 Å². The first kappa shape index (κ1) is 27.4. The summed E-state index contributed by atoms with van der Waals surface area (Å²) in [5.74, 6) is 1.19. The molecule has 8 heteroatoms. The number of hydrogen-bond acceptors (Lipinski definition) is 4. The Morgan fingerprint density at radius 3 is 2.31 bits per heavy atom. The highest BCUT2D eigenvalue weighted by molar-refractivity contribution is 14.0. The van der Waals surface area contributed by atoms with Crippen LogP contribution in [-0.4, -0.2) is 55.5 Å². The molecular weight excluding hydrogens is 447 g/mol. The molecule has 0 aliphatic heterocycles. The number of amides is 1. The number of nitrogens with one attached hydrogen (secondary N) is 3. The van der Waals surface area contributed by atoms with Crippen molar-refractivity contribution in [3.8, 4) is 0 Å². The van der Waals surface area contributed by atoms with Crippen molar-refractivity contribution in [2.45, 2.75) is 65.9 Å². The molecule has 0 saturated heterocycles. The van der Waals surface area contributed by atoms with Gasteiger partial charge in [0, 0.05) is 32.8 Å². The second-order valence-electron chi connectivity index (χ2n) is 7.10. The summed E-state index contributed by atoms with van der Waals surface area (Å²) < 4.78 is 5.19. The van der Waals surface area contributed by atoms with Crippen LogP contribution in [0.15, 0.2) is 4.99 Å². The molecule has 0 aromatic carbocycles. The highest BCUT2D eigenvalue weighted by atomic mass is 127. The summed E-state index contributed by atoms with van der Waals surface area (Å²) in [4.78, 5) is 16.2. The van der Waals surface area contributed by atoms with Crippen LogP contribution in [-0.2, 0) is 4.74 Å². The molecule has 26 heavy (non-hydrogen) atoms. The van der Waals surface area contributed by atoms with Crippen LogP contribution in [0.3, 0.4) is 0 Å². The molecule has 0 spiro atoms. The highest BCUT2D eigenvalue weighted by Gasteiger charge is 2.15. The molecule has 0 heterocycles. The molecule has 0 aromatic heterocycles. The van der Waals surface area contributed by atoms with Gasteiger partial charge in [-0.15, -0.1) is 24.0 Å². The fraction of sp³-hybridized carbons (Fsp3) is 0.889. The van der Waals surface area contributed by atoms with Gasteiger partial charge < -0.3 is 25.8 Å². The van der Waals surface area contributed by atoms with Crippen molar-refractivity contribution in [1.82, 2.24) is 16.0 Å². The largest absolute Gasteiger partial charge is 0.444 e. The molecular formula is C18H39IN4O3. The van der Waals surface area contributed by atoms with Crippen LogP contribution in [0.4, 0.5) is 4.79 Å². The van der Waals surface area contributed by atoms with Crippen LogP contribution in [0, 0.1) is 5.92 Å². The number of carbonyl (C=O) groups excluding carboxylic acids is 1. The maximum atomic E-state index is 11.5. The van der Waals surface area contributed by atoms with Crippen molar-refractivity contribution in [2.24, 2.45) is 10.9 Å². The minimum Gasteiger partial charge on any atom is -0.444 e. The number of rotatable bonds is 11. The van der Waals surface area contributed by atoms with E-state index in [2.05, 4.69) is 27.9 Å². The Labute approximate surface area is 176 Å². The third kappa shape index (κ3) is 16.7. The van der Waals surface area contributed by atoms with Gasteiger partial charge in [-0.1, -0.05) is 13.3 Å². The van der Waals surface area contributed by atoms with E-state index in [1.54, 1.807) is 0 Å². The van der Waals surface area contributed by atoms with Gasteiger partial charge in [-0.2, -0.15) is 0 Å². The molecule has 0 radical (unpaired) electrons. The molecule has 1 atom stereocenters. The summed E-state index contributed by atoms with van der Waals surface area (Å²) in [5.41, 5.74) is -0.475. The second-order valence-corrected chi connectivity index (χ2v) is 7.10. The lowest BCUT2D eigenvalue weighted by Crippen LogP contribution is -2.39. The smallest absolute Gasteiger partial charge is 0.407 e. The average Bonchev–Trinajstić information content (AvgIpc) is 2.50. The summed E-state index contributed by atoms with van der Waals surface area (Å²) in [5, 5.41) is 18.3. The number of alkyl carbamates (subject to hydrolysis) is 1. The molecule has 0 saturated carbocycles. The first-order chi connectivity index (χ1) is 11.8. The van der Waals surface area contributed by atoms with E-state index >= 15 is 0 Å². The van der Waals surface area contributed by atoms with Gasteiger partial charge in [0.05, 0.1) is 0 Å². The van der Waals surface area contributed by atoms with Gasteiger partial charge in [0.2, 0.25) is 0 Å². The van der Waals surface area contributed by atoms with Crippen LogP contribution in [0.2, 0.25) is 0 Å². The normalized spacial score (nSPS) is 12.8. The number of carbonyl (C=O) groups is 1. The molecule has 0 bridgehead atoms. The monoisotopic (exact) mass is 486 g/mol. The van der Waals surface area contributed by atoms with Crippen molar-refractivity contribution in [3.63, 3.8) is 0 Å². The lowest BCUT2D eigenvalue weighted by Gasteiger charge is -2.19. The number of hydrogen-bond donors (Lipinski definition) is 4. The lowest BCUT2D eigenvalue weighted by atomic mass is 10.0. The summed E-state index contributed by atoms with van der Waals surface area (Å²) >= 11 is 0. The first-order valence-electron chi connectivity index (χ1n) is 9.42. The van der Waals surface area contributed by atoms with Gasteiger partial charge in [-0.3, -0.25) is 4.99 Å². The number of aliphatic hydroxyl groups is 1. The van der Waals surface area contributed by atoms with E-state index in [9.17, 15) is 4.79 Å². The standard InChI is InChI=1S/C18H38N4O3.HI/c1-6-9-15(10-13-23)14-22-16(19-7-2)20-11-8-12-21-17(24)25-18(3,4)5;/h15,23H,6-14H2,1-5H3,(H,21,24)(H2,19,20,22);1H. The number of guanidine groups is 1. The van der Waals surface area contributed by atoms with Crippen LogP contribution in [0.1, 0.15) is 60.3 Å². The SMILES string of the molecule is CCCC(CCO)CN=C(NCC)NCCCNC(=O)OC(C)(C)C.I. The van der Waals surface area contributed by atoms with Gasteiger partial charge in [-0.05, 0) is 52.9 Å². The Kier molecular flexibility index (Phi) is 17.3. The number of nitrogens with zero attached hydrogens (tertiary/aromatic N) is 1. The average molecular weight is 486 g/mol. The van der Waals surface area contributed by atoms with Gasteiger partial charge >= 0.3 is 6.09 Å². The molecule has 0 fully saturated rings. The van der Waals surface area contributed by atoms with Crippen LogP contribution in [0.25, 0.3) is 0 Å². The Morgan fingerprint density at radius 2 is 1.77 bits per heavy atom. The molecule has 0 aromatic rings. The van der Waals surface area contributed by atoms with E-state index in [1.807, 2.05) is 27.7 Å². The molecule has 156 valence electrons. The molecule has 0 aliphatic rings. The maximum Gasteiger partial charge on any atom is 0.407 e. The van der Waals surface area contributed by atoms with E-state index in [0.717, 1.165) is 38.2 Å². The molecule has 0 aliphatic carbocycles. The summed E-state index contributed by atoms with van der Waals surface area (Å²) in [7, 11) is 0. The van der Waals surface area contributed by atoms with Crippen LogP contribution in [0.5, 0.6) is 0 Å². The van der Waals surface area contributed by atoms with E-state index < -0.39 is 5.60 Å². The van der Waals surface area contributed by atoms with Crippen LogP contribution < -0.4 is 16.0 Å². The predicted molar refractivity (Wildman–Crippen MR) is 118 cm³/mol. The van der Waals surface area contributed by atoms with Crippen molar-refractivity contribution >= 4 is 36.0 Å². The zero-order valence-electron chi connectivity index (χ0n) is 17.1. The van der Waals surface area contributed by atoms with Gasteiger partial charge in [0.25, 0.3) is 0 Å². The van der Waals surface area contributed by atoms with Crippen molar-refractivity contribution < 1.29 is 14.6 Å². The van der Waals surface area contributed by atoms with Gasteiger partial charge in [0.15, 0.2) is 5.96 Å². The quantitative estimate of drug-likeness (QED) is 0.156. The zero-order chi connectivity index (χ0) is 19.1. The van der Waals surface area contributed by atoms with E-state index in [-0.39, 0.29) is 36.7 Å². The predicted octanol–water partition coefficient (Wildman–Crippen LogP) is 2.87. The van der Waals surface area contributed by atoms with E-state index in [0.29, 0.717) is 25.6 Å². The van der Waals surface area contributed by atoms with Gasteiger partial charge in [0.1, 0.15) is 5.60 Å². The number of ether oxygens (including phenoxy) is 1. The third-order valence-corrected chi connectivity index (χ3v) is 3.40. The van der Waals surface area contributed by atoms with E-state index in [4.69, 9.17) is 9.84 Å². The maximum absolute atomic E-state index is 11.5. The van der Waals surface area contributed by atoms with Crippen LogP contribution >= 0.6 is 24.0 Å². The fourth-order valence-electron chi connectivity index (χ4n) is 2.28. The number of aliphatic hydroxyl groups excluding tert-OH is 1. The molecule has 7 nitrogen and oxygen atoms in total.